The van der Waals surface area contributed by atoms with E-state index in [0.717, 1.165) is 37.7 Å². The molecule has 0 bridgehead atoms. The summed E-state index contributed by atoms with van der Waals surface area (Å²) in [6, 6.07) is 2.92. The predicted molar refractivity (Wildman–Crippen MR) is 119 cm³/mol. The molecule has 0 spiro atoms. The van der Waals surface area contributed by atoms with Crippen molar-refractivity contribution in [3.8, 4) is 0 Å². The maximum Gasteiger partial charge on any atom is 0.254 e. The molecule has 5 rings (SSSR count). The molecule has 7 nitrogen and oxygen atoms in total. The van der Waals surface area contributed by atoms with Gasteiger partial charge in [-0.15, -0.1) is 0 Å². The lowest BCUT2D eigenvalue weighted by Gasteiger charge is -2.29. The molecule has 1 aromatic carbocycles. The summed E-state index contributed by atoms with van der Waals surface area (Å²) >= 11 is 5.68. The van der Waals surface area contributed by atoms with Crippen LogP contribution in [-0.4, -0.2) is 48.5 Å². The van der Waals surface area contributed by atoms with Crippen molar-refractivity contribution >= 4 is 33.3 Å². The van der Waals surface area contributed by atoms with Crippen LogP contribution in [0.4, 0.5) is 8.78 Å². The second kappa shape index (κ2) is 8.27. The monoisotopic (exact) mass is 509 g/mol. The lowest BCUT2D eigenvalue weighted by molar-refractivity contribution is -0.126. The molecule has 2 aliphatic carbocycles. The van der Waals surface area contributed by atoms with Gasteiger partial charge in [-0.05, 0) is 61.8 Å². The number of benzene rings is 1. The van der Waals surface area contributed by atoms with Gasteiger partial charge in [0.2, 0.25) is 5.91 Å². The molecule has 3 fully saturated rings. The van der Waals surface area contributed by atoms with E-state index in [1.54, 1.807) is 0 Å². The third-order valence-corrected chi connectivity index (χ3v) is 8.04. The van der Waals surface area contributed by atoms with E-state index in [-0.39, 0.29) is 39.1 Å². The summed E-state index contributed by atoms with van der Waals surface area (Å²) in [5.41, 5.74) is 0.163. The lowest BCUT2D eigenvalue weighted by atomic mass is 10.00. The number of likely N-dealkylation sites (tertiary alicyclic amines) is 1. The first-order valence-corrected chi connectivity index (χ1v) is 13.2. The molecule has 1 unspecified atom stereocenters. The Morgan fingerprint density at radius 1 is 1.18 bits per heavy atom. The van der Waals surface area contributed by atoms with E-state index in [1.807, 2.05) is 0 Å². The minimum atomic E-state index is -3.61. The standard InChI is InChI=1S/C23H22ClF2N3O4S/c1-34(32,33)20-8-12(4-5-27-20)23(31)29-18-6-13(18)7-19(29)22(30)28-21(11-2-3-11)14-9-17(26)15(24)10-16(14)25/h4-5,8-11,13,18-19,21H,2-3,6-7H2,1H3,(H,28,30)/t13-,18-,19+,21?/m0/s1. The number of sulfone groups is 1. The smallest absolute Gasteiger partial charge is 0.254 e. The molecule has 1 aromatic heterocycles. The Hall–Kier alpha value is -2.59. The molecule has 2 amide bonds. The van der Waals surface area contributed by atoms with Gasteiger partial charge in [-0.1, -0.05) is 11.6 Å². The minimum Gasteiger partial charge on any atom is -0.347 e. The maximum absolute atomic E-state index is 14.6. The van der Waals surface area contributed by atoms with Crippen molar-refractivity contribution in [1.82, 2.24) is 15.2 Å². The topological polar surface area (TPSA) is 96.4 Å². The molecule has 2 aromatic rings. The number of nitrogens with zero attached hydrogens (tertiary/aromatic N) is 2. The van der Waals surface area contributed by atoms with Crippen LogP contribution < -0.4 is 5.32 Å². The Kier molecular flexibility index (Phi) is 5.63. The fraction of sp³-hybridized carbons (Fsp3) is 0.435. The Balaban J connectivity index is 1.40. The molecule has 1 saturated heterocycles. The normalized spacial score (nSPS) is 24.5. The van der Waals surface area contributed by atoms with Gasteiger partial charge in [0.05, 0.1) is 11.1 Å². The highest BCUT2D eigenvalue weighted by atomic mass is 35.5. The minimum absolute atomic E-state index is 0.0309. The lowest BCUT2D eigenvalue weighted by Crippen LogP contribution is -2.49. The largest absolute Gasteiger partial charge is 0.347 e. The Labute approximate surface area is 200 Å². The first-order chi connectivity index (χ1) is 16.0. The van der Waals surface area contributed by atoms with E-state index in [1.165, 1.54) is 23.2 Å². The van der Waals surface area contributed by atoms with Crippen LogP contribution in [-0.2, 0) is 14.6 Å². The van der Waals surface area contributed by atoms with Crippen LogP contribution in [0.1, 0.15) is 47.6 Å². The number of hydrogen-bond donors (Lipinski definition) is 1. The van der Waals surface area contributed by atoms with Crippen molar-refractivity contribution in [2.75, 3.05) is 6.26 Å². The van der Waals surface area contributed by atoms with Gasteiger partial charge in [0.25, 0.3) is 5.91 Å². The van der Waals surface area contributed by atoms with E-state index in [4.69, 9.17) is 11.6 Å². The molecule has 1 N–H and O–H groups in total. The molecule has 4 atom stereocenters. The van der Waals surface area contributed by atoms with Gasteiger partial charge in [-0.2, -0.15) is 0 Å². The molecule has 11 heteroatoms. The van der Waals surface area contributed by atoms with Crippen LogP contribution in [0, 0.1) is 23.5 Å². The fourth-order valence-corrected chi connectivity index (χ4v) is 5.53. The number of pyridine rings is 1. The molecule has 34 heavy (non-hydrogen) atoms. The summed E-state index contributed by atoms with van der Waals surface area (Å²) in [6.07, 6.45) is 5.00. The van der Waals surface area contributed by atoms with Gasteiger partial charge in [-0.25, -0.2) is 22.2 Å². The summed E-state index contributed by atoms with van der Waals surface area (Å²) < 4.78 is 52.4. The van der Waals surface area contributed by atoms with Crippen LogP contribution in [0.2, 0.25) is 5.02 Å². The number of nitrogens with one attached hydrogen (secondary N) is 1. The highest BCUT2D eigenvalue weighted by molar-refractivity contribution is 7.90. The average Bonchev–Trinajstić information content (AvgIpc) is 3.72. The number of amides is 2. The summed E-state index contributed by atoms with van der Waals surface area (Å²) in [6.45, 7) is 0. The van der Waals surface area contributed by atoms with Gasteiger partial charge in [0.15, 0.2) is 14.9 Å². The summed E-state index contributed by atoms with van der Waals surface area (Å²) in [5, 5.41) is 2.29. The quantitative estimate of drug-likeness (QED) is 0.603. The van der Waals surface area contributed by atoms with Crippen LogP contribution in [0.3, 0.4) is 0 Å². The SMILES string of the molecule is CS(=O)(=O)c1cc(C(=O)N2[C@@H](C(=O)NC(c3cc(F)c(Cl)cc3F)C3CC3)C[C@@H]3C[C@@H]32)ccn1. The first-order valence-electron chi connectivity index (χ1n) is 11.0. The second-order valence-electron chi connectivity index (χ2n) is 9.29. The van der Waals surface area contributed by atoms with E-state index in [0.29, 0.717) is 6.42 Å². The van der Waals surface area contributed by atoms with Crippen molar-refractivity contribution in [2.24, 2.45) is 11.8 Å². The van der Waals surface area contributed by atoms with Gasteiger partial charge < -0.3 is 10.2 Å². The van der Waals surface area contributed by atoms with Crippen LogP contribution in [0.5, 0.6) is 0 Å². The molecule has 0 radical (unpaired) electrons. The highest BCUT2D eigenvalue weighted by Gasteiger charge is 2.56. The molecule has 2 heterocycles. The summed E-state index contributed by atoms with van der Waals surface area (Å²) in [4.78, 5) is 31.9. The van der Waals surface area contributed by atoms with E-state index in [2.05, 4.69) is 10.3 Å². The Morgan fingerprint density at radius 3 is 2.59 bits per heavy atom. The highest BCUT2D eigenvalue weighted by Crippen LogP contribution is 2.49. The molecular weight excluding hydrogens is 488 g/mol. The summed E-state index contributed by atoms with van der Waals surface area (Å²) in [7, 11) is -3.61. The molecule has 3 aliphatic rings. The van der Waals surface area contributed by atoms with Gasteiger partial charge >= 0.3 is 0 Å². The van der Waals surface area contributed by atoms with E-state index >= 15 is 0 Å². The molecular formula is C23H22ClF2N3O4S. The van der Waals surface area contributed by atoms with E-state index in [9.17, 15) is 26.8 Å². The predicted octanol–water partition coefficient (Wildman–Crippen LogP) is 3.29. The number of rotatable bonds is 6. The van der Waals surface area contributed by atoms with E-state index < -0.39 is 45.4 Å². The van der Waals surface area contributed by atoms with Crippen LogP contribution in [0.25, 0.3) is 0 Å². The number of hydrogen-bond acceptors (Lipinski definition) is 5. The number of halogens is 3. The van der Waals surface area contributed by atoms with Crippen molar-refractivity contribution in [1.29, 1.82) is 0 Å². The maximum atomic E-state index is 14.6. The summed E-state index contributed by atoms with van der Waals surface area (Å²) in [5.74, 6) is -2.21. The first kappa shape index (κ1) is 23.2. The molecule has 2 saturated carbocycles. The van der Waals surface area contributed by atoms with Crippen molar-refractivity contribution in [2.45, 2.75) is 48.8 Å². The molecule has 1 aliphatic heterocycles. The third kappa shape index (κ3) is 4.29. The second-order valence-corrected chi connectivity index (χ2v) is 11.7. The zero-order valence-electron chi connectivity index (χ0n) is 18.2. The van der Waals surface area contributed by atoms with Crippen molar-refractivity contribution in [3.63, 3.8) is 0 Å². The fourth-order valence-electron chi connectivity index (χ4n) is 4.78. The number of carbonyl (C=O) groups is 2. The number of piperidine rings is 1. The van der Waals surface area contributed by atoms with Crippen LogP contribution >= 0.6 is 11.6 Å². The Bertz CT molecular complexity index is 1300. The average molecular weight is 510 g/mol. The zero-order chi connectivity index (χ0) is 24.4. The van der Waals surface area contributed by atoms with Gasteiger partial charge in [0, 0.05) is 29.6 Å². The number of fused-ring (bicyclic) bond motifs is 1. The Morgan fingerprint density at radius 2 is 1.91 bits per heavy atom. The van der Waals surface area contributed by atoms with Gasteiger partial charge in [0.1, 0.15) is 17.7 Å². The van der Waals surface area contributed by atoms with Crippen LogP contribution in [0.15, 0.2) is 35.5 Å². The number of aromatic nitrogens is 1. The van der Waals surface area contributed by atoms with Crippen molar-refractivity contribution in [3.05, 3.63) is 58.2 Å². The third-order valence-electron chi connectivity index (χ3n) is 6.77. The zero-order valence-corrected chi connectivity index (χ0v) is 19.7. The van der Waals surface area contributed by atoms with Crippen molar-refractivity contribution < 1.29 is 26.8 Å². The molecule has 180 valence electrons. The number of carbonyl (C=O) groups excluding carboxylic acids is 2. The van der Waals surface area contributed by atoms with Gasteiger partial charge in [-0.3, -0.25) is 9.59 Å².